The molecule has 1 N–H and O–H groups in total. The molecule has 0 aliphatic heterocycles. The van der Waals surface area contributed by atoms with Crippen molar-refractivity contribution in [1.29, 1.82) is 0 Å². The first kappa shape index (κ1) is 14.8. The number of carboxylic acid groups (broad SMARTS) is 1. The molecule has 0 aliphatic carbocycles. The van der Waals surface area contributed by atoms with E-state index in [9.17, 15) is 4.79 Å². The third-order valence-electron chi connectivity index (χ3n) is 2.16. The van der Waals surface area contributed by atoms with Crippen LogP contribution in [0.15, 0.2) is 23.4 Å². The average Bonchev–Trinajstić information content (AvgIpc) is 2.26. The third-order valence-corrected chi connectivity index (χ3v) is 2.87. The Morgan fingerprint density at radius 2 is 2.11 bits per heavy atom. The van der Waals surface area contributed by atoms with Crippen LogP contribution in [0.25, 0.3) is 0 Å². The summed E-state index contributed by atoms with van der Waals surface area (Å²) in [4.78, 5) is 15.5. The fourth-order valence-electron chi connectivity index (χ4n) is 1.25. The van der Waals surface area contributed by atoms with Crippen molar-refractivity contribution in [2.24, 2.45) is 11.1 Å². The molecule has 0 heterocycles. The second-order valence-corrected chi connectivity index (χ2v) is 4.62. The van der Waals surface area contributed by atoms with Gasteiger partial charge in [-0.15, -0.1) is 0 Å². The van der Waals surface area contributed by atoms with Crippen molar-refractivity contribution < 1.29 is 14.7 Å². The Labute approximate surface area is 115 Å². The highest BCUT2D eigenvalue weighted by Gasteiger charge is 2.06. The maximum absolute atomic E-state index is 10.4. The van der Waals surface area contributed by atoms with Crippen LogP contribution >= 0.6 is 23.2 Å². The Morgan fingerprint density at radius 1 is 1.50 bits per heavy atom. The van der Waals surface area contributed by atoms with Gasteiger partial charge in [0.05, 0.1) is 6.42 Å². The zero-order valence-electron chi connectivity index (χ0n) is 9.77. The highest BCUT2D eigenvalue weighted by atomic mass is 35.5. The van der Waals surface area contributed by atoms with Crippen molar-refractivity contribution >= 4 is 35.4 Å². The molecule has 18 heavy (non-hydrogen) atoms. The standard InChI is InChI=1S/C12H13Cl2NO3/c1-8(5-12(16)17)6-15-18-7-9-10(13)3-2-4-11(9)14/h2-4,6,8H,5,7H2,1H3,(H,16,17)/b15-6+. The predicted octanol–water partition coefficient (Wildman–Crippen LogP) is 3.61. The van der Waals surface area contributed by atoms with Crippen LogP contribution in [0, 0.1) is 5.92 Å². The van der Waals surface area contributed by atoms with Crippen LogP contribution in [0.1, 0.15) is 18.9 Å². The Kier molecular flexibility index (Phi) is 5.95. The summed E-state index contributed by atoms with van der Waals surface area (Å²) >= 11 is 11.9. The van der Waals surface area contributed by atoms with Gasteiger partial charge in [0.25, 0.3) is 0 Å². The number of hydrogen-bond donors (Lipinski definition) is 1. The van der Waals surface area contributed by atoms with Gasteiger partial charge in [-0.1, -0.05) is 41.3 Å². The van der Waals surface area contributed by atoms with Crippen LogP contribution in [0.4, 0.5) is 0 Å². The van der Waals surface area contributed by atoms with Gasteiger partial charge in [0.15, 0.2) is 0 Å². The number of aliphatic carboxylic acids is 1. The number of hydrogen-bond acceptors (Lipinski definition) is 3. The molecule has 1 aromatic carbocycles. The van der Waals surface area contributed by atoms with E-state index in [2.05, 4.69) is 5.16 Å². The summed E-state index contributed by atoms with van der Waals surface area (Å²) in [6, 6.07) is 5.16. The lowest BCUT2D eigenvalue weighted by atomic mass is 10.1. The van der Waals surface area contributed by atoms with Crippen molar-refractivity contribution in [2.45, 2.75) is 20.0 Å². The second-order valence-electron chi connectivity index (χ2n) is 3.80. The molecule has 0 radical (unpaired) electrons. The molecular weight excluding hydrogens is 277 g/mol. The van der Waals surface area contributed by atoms with Crippen LogP contribution in [0.5, 0.6) is 0 Å². The molecule has 98 valence electrons. The molecule has 0 saturated heterocycles. The van der Waals surface area contributed by atoms with Gasteiger partial charge < -0.3 is 9.94 Å². The molecule has 0 amide bonds. The molecule has 0 aliphatic rings. The number of carboxylic acids is 1. The fraction of sp³-hybridized carbons (Fsp3) is 0.333. The maximum atomic E-state index is 10.4. The molecule has 0 aromatic heterocycles. The molecule has 0 bridgehead atoms. The number of carbonyl (C=O) groups is 1. The average molecular weight is 290 g/mol. The monoisotopic (exact) mass is 289 g/mol. The zero-order chi connectivity index (χ0) is 13.5. The van der Waals surface area contributed by atoms with Crippen LogP contribution < -0.4 is 0 Å². The minimum atomic E-state index is -0.872. The summed E-state index contributed by atoms with van der Waals surface area (Å²) in [5, 5.41) is 13.3. The van der Waals surface area contributed by atoms with E-state index in [1.165, 1.54) is 6.21 Å². The molecule has 6 heteroatoms. The van der Waals surface area contributed by atoms with Crippen LogP contribution in [0.2, 0.25) is 10.0 Å². The lowest BCUT2D eigenvalue weighted by Gasteiger charge is -2.05. The van der Waals surface area contributed by atoms with E-state index in [-0.39, 0.29) is 18.9 Å². The molecule has 1 rings (SSSR count). The highest BCUT2D eigenvalue weighted by molar-refractivity contribution is 6.35. The van der Waals surface area contributed by atoms with E-state index in [0.29, 0.717) is 15.6 Å². The molecule has 1 unspecified atom stereocenters. The van der Waals surface area contributed by atoms with Gasteiger partial charge in [0.1, 0.15) is 6.61 Å². The smallest absolute Gasteiger partial charge is 0.303 e. The normalized spacial score (nSPS) is 12.6. The number of oxime groups is 1. The van der Waals surface area contributed by atoms with E-state index in [0.717, 1.165) is 0 Å². The van der Waals surface area contributed by atoms with Gasteiger partial charge in [-0.3, -0.25) is 4.79 Å². The molecule has 0 fully saturated rings. The number of benzene rings is 1. The number of nitrogens with zero attached hydrogens (tertiary/aromatic N) is 1. The molecule has 0 spiro atoms. The van der Waals surface area contributed by atoms with Crippen molar-refractivity contribution in [3.05, 3.63) is 33.8 Å². The summed E-state index contributed by atoms with van der Waals surface area (Å²) in [6.07, 6.45) is 1.46. The minimum absolute atomic E-state index is 0.0136. The quantitative estimate of drug-likeness (QED) is 0.643. The SMILES string of the molecule is CC(/C=N/OCc1c(Cl)cccc1Cl)CC(=O)O. The van der Waals surface area contributed by atoms with Gasteiger partial charge in [0.2, 0.25) is 0 Å². The van der Waals surface area contributed by atoms with Gasteiger partial charge in [-0.05, 0) is 12.1 Å². The first-order valence-corrected chi connectivity index (χ1v) is 6.06. The first-order valence-electron chi connectivity index (χ1n) is 5.31. The van der Waals surface area contributed by atoms with E-state index < -0.39 is 5.97 Å². The van der Waals surface area contributed by atoms with Crippen LogP contribution in [-0.2, 0) is 16.2 Å². The Balaban J connectivity index is 2.46. The van der Waals surface area contributed by atoms with E-state index in [4.69, 9.17) is 33.1 Å². The van der Waals surface area contributed by atoms with E-state index >= 15 is 0 Å². The number of rotatable bonds is 6. The van der Waals surface area contributed by atoms with E-state index in [1.807, 2.05) is 0 Å². The summed E-state index contributed by atoms with van der Waals surface area (Å²) < 4.78 is 0. The molecule has 1 atom stereocenters. The van der Waals surface area contributed by atoms with Crippen molar-refractivity contribution in [1.82, 2.24) is 0 Å². The molecule has 0 saturated carbocycles. The van der Waals surface area contributed by atoms with Gasteiger partial charge in [-0.25, -0.2) is 0 Å². The predicted molar refractivity (Wildman–Crippen MR) is 71.2 cm³/mol. The number of halogens is 2. The summed E-state index contributed by atoms with van der Waals surface area (Å²) in [5.41, 5.74) is 0.656. The zero-order valence-corrected chi connectivity index (χ0v) is 11.3. The lowest BCUT2D eigenvalue weighted by molar-refractivity contribution is -0.137. The molecule has 4 nitrogen and oxygen atoms in total. The van der Waals surface area contributed by atoms with Crippen molar-refractivity contribution in [2.75, 3.05) is 0 Å². The maximum Gasteiger partial charge on any atom is 0.303 e. The highest BCUT2D eigenvalue weighted by Crippen LogP contribution is 2.24. The Morgan fingerprint density at radius 3 is 2.67 bits per heavy atom. The fourth-order valence-corrected chi connectivity index (χ4v) is 1.75. The summed E-state index contributed by atoms with van der Waals surface area (Å²) in [6.45, 7) is 1.89. The first-order chi connectivity index (χ1) is 8.50. The van der Waals surface area contributed by atoms with Gasteiger partial charge in [-0.2, -0.15) is 0 Å². The van der Waals surface area contributed by atoms with E-state index in [1.54, 1.807) is 25.1 Å². The molecule has 1 aromatic rings. The summed E-state index contributed by atoms with van der Waals surface area (Å²) in [7, 11) is 0. The largest absolute Gasteiger partial charge is 0.481 e. The van der Waals surface area contributed by atoms with Gasteiger partial charge >= 0.3 is 5.97 Å². The van der Waals surface area contributed by atoms with Gasteiger partial charge in [0, 0.05) is 27.7 Å². The molecular formula is C12H13Cl2NO3. The Bertz CT molecular complexity index is 429. The van der Waals surface area contributed by atoms with Crippen LogP contribution in [0.3, 0.4) is 0 Å². The lowest BCUT2D eigenvalue weighted by Crippen LogP contribution is -2.05. The topological polar surface area (TPSA) is 58.9 Å². The van der Waals surface area contributed by atoms with Crippen molar-refractivity contribution in [3.63, 3.8) is 0 Å². The minimum Gasteiger partial charge on any atom is -0.481 e. The summed E-state index contributed by atoms with van der Waals surface area (Å²) in [5.74, 6) is -1.06. The Hall–Kier alpha value is -1.26. The second kappa shape index (κ2) is 7.24. The van der Waals surface area contributed by atoms with Crippen LogP contribution in [-0.4, -0.2) is 17.3 Å². The van der Waals surface area contributed by atoms with Crippen molar-refractivity contribution in [3.8, 4) is 0 Å². The third kappa shape index (κ3) is 4.94.